The molecule has 0 aromatic heterocycles. The van der Waals surface area contributed by atoms with E-state index in [0.29, 0.717) is 37.5 Å². The van der Waals surface area contributed by atoms with Crippen LogP contribution in [0.15, 0.2) is 24.3 Å². The summed E-state index contributed by atoms with van der Waals surface area (Å²) in [7, 11) is 1.63. The number of nitrogens with zero attached hydrogens (tertiary/aromatic N) is 2. The number of rotatable bonds is 4. The van der Waals surface area contributed by atoms with E-state index in [0.717, 1.165) is 17.7 Å². The number of urea groups is 1. The number of imide groups is 1. The zero-order valence-corrected chi connectivity index (χ0v) is 15.3. The minimum Gasteiger partial charge on any atom is -0.486 e. The summed E-state index contributed by atoms with van der Waals surface area (Å²) in [4.78, 5) is 39.9. The highest BCUT2D eigenvalue weighted by Gasteiger charge is 2.52. The van der Waals surface area contributed by atoms with E-state index in [-0.39, 0.29) is 24.5 Å². The lowest BCUT2D eigenvalue weighted by Gasteiger charge is -2.30. The predicted octanol–water partition coefficient (Wildman–Crippen LogP) is 1.15. The van der Waals surface area contributed by atoms with Gasteiger partial charge in [-0.05, 0) is 25.0 Å². The van der Waals surface area contributed by atoms with Crippen LogP contribution < -0.4 is 14.8 Å². The van der Waals surface area contributed by atoms with Crippen LogP contribution in [0, 0.1) is 0 Å². The number of benzene rings is 1. The van der Waals surface area contributed by atoms with E-state index in [1.54, 1.807) is 7.05 Å². The van der Waals surface area contributed by atoms with Gasteiger partial charge in [0.2, 0.25) is 5.91 Å². The summed E-state index contributed by atoms with van der Waals surface area (Å²) in [5, 5.41) is 2.79. The van der Waals surface area contributed by atoms with Gasteiger partial charge in [-0.3, -0.25) is 14.5 Å². The number of likely N-dealkylation sites (N-methyl/N-ethyl adjacent to an activating group) is 1. The molecule has 4 rings (SSSR count). The van der Waals surface area contributed by atoms with Crippen LogP contribution in [-0.4, -0.2) is 66.0 Å². The molecule has 1 saturated heterocycles. The molecule has 27 heavy (non-hydrogen) atoms. The normalized spacial score (nSPS) is 22.9. The zero-order chi connectivity index (χ0) is 19.0. The lowest BCUT2D eigenvalue weighted by atomic mass is 9.98. The molecule has 0 radical (unpaired) electrons. The minimum absolute atomic E-state index is 0.257. The van der Waals surface area contributed by atoms with E-state index in [1.165, 1.54) is 4.90 Å². The molecule has 2 aliphatic heterocycles. The maximum atomic E-state index is 12.7. The van der Waals surface area contributed by atoms with Crippen LogP contribution in [0.25, 0.3) is 0 Å². The Balaban J connectivity index is 1.35. The molecule has 144 valence electrons. The van der Waals surface area contributed by atoms with Crippen molar-refractivity contribution in [3.8, 4) is 11.5 Å². The van der Waals surface area contributed by atoms with Crippen LogP contribution in [0.3, 0.4) is 0 Å². The van der Waals surface area contributed by atoms with Crippen molar-refractivity contribution < 1.29 is 23.9 Å². The second-order valence-corrected chi connectivity index (χ2v) is 7.38. The quantitative estimate of drug-likeness (QED) is 0.800. The molecule has 8 nitrogen and oxygen atoms in total. The lowest BCUT2D eigenvalue weighted by molar-refractivity contribution is -0.138. The predicted molar refractivity (Wildman–Crippen MR) is 95.4 cm³/mol. The summed E-state index contributed by atoms with van der Waals surface area (Å²) >= 11 is 0. The van der Waals surface area contributed by atoms with Crippen LogP contribution in [0.5, 0.6) is 11.5 Å². The molecular weight excluding hydrogens is 350 g/mol. The van der Waals surface area contributed by atoms with Crippen LogP contribution in [0.4, 0.5) is 4.79 Å². The number of nitrogens with one attached hydrogen (secondary N) is 1. The highest BCUT2D eigenvalue weighted by atomic mass is 16.6. The summed E-state index contributed by atoms with van der Waals surface area (Å²) in [6.45, 7) is 0.385. The minimum atomic E-state index is -0.792. The van der Waals surface area contributed by atoms with E-state index >= 15 is 0 Å². The van der Waals surface area contributed by atoms with Crippen molar-refractivity contribution in [2.75, 3.05) is 26.7 Å². The first-order valence-electron chi connectivity index (χ1n) is 9.25. The van der Waals surface area contributed by atoms with Gasteiger partial charge in [-0.15, -0.1) is 0 Å². The molecule has 1 N–H and O–H groups in total. The fourth-order valence-corrected chi connectivity index (χ4v) is 3.95. The molecule has 1 aromatic rings. The van der Waals surface area contributed by atoms with Gasteiger partial charge in [0, 0.05) is 7.05 Å². The Hall–Kier alpha value is -2.77. The van der Waals surface area contributed by atoms with Crippen LogP contribution >= 0.6 is 0 Å². The number of carbonyl (C=O) groups is 3. The van der Waals surface area contributed by atoms with Gasteiger partial charge in [0.1, 0.15) is 18.7 Å². The van der Waals surface area contributed by atoms with Crippen molar-refractivity contribution in [1.29, 1.82) is 0 Å². The topological polar surface area (TPSA) is 88.2 Å². The maximum absolute atomic E-state index is 12.7. The highest BCUT2D eigenvalue weighted by molar-refractivity contribution is 6.09. The number of hydrogen-bond acceptors (Lipinski definition) is 5. The van der Waals surface area contributed by atoms with Gasteiger partial charge in [0.05, 0.1) is 6.54 Å². The van der Waals surface area contributed by atoms with Gasteiger partial charge in [-0.2, -0.15) is 0 Å². The fourth-order valence-electron chi connectivity index (χ4n) is 3.95. The average Bonchev–Trinajstić information content (AvgIpc) is 3.22. The third-order valence-corrected chi connectivity index (χ3v) is 5.47. The van der Waals surface area contributed by atoms with Gasteiger partial charge in [-0.1, -0.05) is 25.0 Å². The number of fused-ring (bicyclic) bond motifs is 1. The summed E-state index contributed by atoms with van der Waals surface area (Å²) in [5.41, 5.74) is -0.792. The fraction of sp³-hybridized carbons (Fsp3) is 0.526. The molecule has 0 bridgehead atoms. The molecule has 2 fully saturated rings. The summed E-state index contributed by atoms with van der Waals surface area (Å²) in [6, 6.07) is 6.90. The molecule has 1 aliphatic carbocycles. The van der Waals surface area contributed by atoms with Gasteiger partial charge >= 0.3 is 6.03 Å². The lowest BCUT2D eigenvalue weighted by Crippen LogP contribution is -2.47. The number of carbonyl (C=O) groups excluding carboxylic acids is 3. The Labute approximate surface area is 157 Å². The Kier molecular flexibility index (Phi) is 4.41. The molecule has 0 unspecified atom stereocenters. The van der Waals surface area contributed by atoms with Crippen LogP contribution in [0.2, 0.25) is 0 Å². The molecule has 1 spiro atoms. The molecule has 2 heterocycles. The van der Waals surface area contributed by atoms with E-state index < -0.39 is 11.6 Å². The smallest absolute Gasteiger partial charge is 0.325 e. The summed E-state index contributed by atoms with van der Waals surface area (Å²) < 4.78 is 11.5. The van der Waals surface area contributed by atoms with Crippen molar-refractivity contribution in [3.63, 3.8) is 0 Å². The first-order chi connectivity index (χ1) is 13.0. The molecule has 1 atom stereocenters. The number of para-hydroxylation sites is 2. The van der Waals surface area contributed by atoms with E-state index in [9.17, 15) is 14.4 Å². The second kappa shape index (κ2) is 6.75. The number of ether oxygens (including phenoxy) is 2. The Morgan fingerprint density at radius 3 is 2.70 bits per heavy atom. The third kappa shape index (κ3) is 3.20. The van der Waals surface area contributed by atoms with Gasteiger partial charge in [0.25, 0.3) is 5.91 Å². The first-order valence-corrected chi connectivity index (χ1v) is 9.25. The van der Waals surface area contributed by atoms with Gasteiger partial charge < -0.3 is 19.7 Å². The van der Waals surface area contributed by atoms with Crippen LogP contribution in [0.1, 0.15) is 25.7 Å². The third-order valence-electron chi connectivity index (χ3n) is 5.47. The Bertz CT molecular complexity index is 774. The van der Waals surface area contributed by atoms with Gasteiger partial charge in [-0.25, -0.2) is 4.79 Å². The second-order valence-electron chi connectivity index (χ2n) is 7.38. The standard InChI is InChI=1S/C19H23N3O5/c1-21(10-13-12-26-14-6-2-3-7-15(14)27-13)16(23)11-22-17(24)19(20-18(22)25)8-4-5-9-19/h2-3,6-7,13H,4-5,8-12H2,1H3,(H,20,25)/t13-/m0/s1. The van der Waals surface area contributed by atoms with Crippen molar-refractivity contribution in [2.45, 2.75) is 37.3 Å². The van der Waals surface area contributed by atoms with Crippen LogP contribution in [-0.2, 0) is 9.59 Å². The molecule has 1 saturated carbocycles. The van der Waals surface area contributed by atoms with Crippen molar-refractivity contribution >= 4 is 17.8 Å². The van der Waals surface area contributed by atoms with E-state index in [4.69, 9.17) is 9.47 Å². The molecule has 8 heteroatoms. The van der Waals surface area contributed by atoms with Crippen molar-refractivity contribution in [2.24, 2.45) is 0 Å². The number of amides is 4. The number of hydrogen-bond donors (Lipinski definition) is 1. The average molecular weight is 373 g/mol. The summed E-state index contributed by atoms with van der Waals surface area (Å²) in [6.07, 6.45) is 2.80. The van der Waals surface area contributed by atoms with Gasteiger partial charge in [0.15, 0.2) is 17.6 Å². The first kappa shape index (κ1) is 17.6. The van der Waals surface area contributed by atoms with Crippen molar-refractivity contribution in [3.05, 3.63) is 24.3 Å². The molecule has 4 amide bonds. The van der Waals surface area contributed by atoms with Crippen molar-refractivity contribution in [1.82, 2.24) is 15.1 Å². The Morgan fingerprint density at radius 1 is 1.26 bits per heavy atom. The maximum Gasteiger partial charge on any atom is 0.325 e. The largest absolute Gasteiger partial charge is 0.486 e. The zero-order valence-electron chi connectivity index (χ0n) is 15.3. The van der Waals surface area contributed by atoms with E-state index in [2.05, 4.69) is 5.32 Å². The molecule has 1 aromatic carbocycles. The molecule has 3 aliphatic rings. The summed E-state index contributed by atoms with van der Waals surface area (Å²) in [5.74, 6) is 0.740. The Morgan fingerprint density at radius 2 is 1.96 bits per heavy atom. The van der Waals surface area contributed by atoms with E-state index in [1.807, 2.05) is 24.3 Å². The monoisotopic (exact) mass is 373 g/mol. The SMILES string of the molecule is CN(C[C@H]1COc2ccccc2O1)C(=O)CN1C(=O)NC2(CCCC2)C1=O. The molecular formula is C19H23N3O5. The highest BCUT2D eigenvalue weighted by Crippen LogP contribution is 2.35.